The molecule has 3 heterocycles. The van der Waals surface area contributed by atoms with Gasteiger partial charge in [-0.05, 0) is 44.9 Å². The molecule has 2 aromatic rings. The highest BCUT2D eigenvalue weighted by Crippen LogP contribution is 2.32. The van der Waals surface area contributed by atoms with Crippen molar-refractivity contribution in [2.75, 3.05) is 19.8 Å². The molecule has 0 atom stereocenters. The summed E-state index contributed by atoms with van der Waals surface area (Å²) in [4.78, 5) is 4.89. The highest BCUT2D eigenvalue weighted by molar-refractivity contribution is 5.48. The molecule has 124 valence electrons. The van der Waals surface area contributed by atoms with Crippen molar-refractivity contribution < 1.29 is 9.47 Å². The second-order valence-corrected chi connectivity index (χ2v) is 6.62. The van der Waals surface area contributed by atoms with Gasteiger partial charge in [0.15, 0.2) is 5.65 Å². The number of ether oxygens (including phenoxy) is 2. The Hall–Kier alpha value is -1.62. The Morgan fingerprint density at radius 1 is 1.26 bits per heavy atom. The Labute approximate surface area is 137 Å². The number of aryl methyl sites for hydroxylation is 1. The van der Waals surface area contributed by atoms with Crippen LogP contribution in [-0.2, 0) is 17.6 Å². The van der Waals surface area contributed by atoms with E-state index in [4.69, 9.17) is 19.6 Å². The van der Waals surface area contributed by atoms with Crippen LogP contribution in [0.2, 0.25) is 0 Å². The minimum atomic E-state index is 0.488. The van der Waals surface area contributed by atoms with Crippen molar-refractivity contribution in [2.24, 2.45) is 0 Å². The minimum absolute atomic E-state index is 0.488. The number of hydrogen-bond donors (Lipinski definition) is 0. The first kappa shape index (κ1) is 14.9. The Morgan fingerprint density at radius 2 is 2.09 bits per heavy atom. The van der Waals surface area contributed by atoms with Crippen molar-refractivity contribution >= 4 is 5.65 Å². The standard InChI is InChI=1S/C18H25N3O2/c1-2-9-23-18-14-5-3-4-6-15(14)19-17-12-16(20-21(17)18)13-7-10-22-11-8-13/h12-13H,2-11H2,1H3. The van der Waals surface area contributed by atoms with Crippen molar-refractivity contribution in [3.8, 4) is 5.88 Å². The zero-order chi connectivity index (χ0) is 15.6. The number of rotatable bonds is 4. The maximum atomic E-state index is 6.10. The van der Waals surface area contributed by atoms with Crippen LogP contribution in [0.25, 0.3) is 5.65 Å². The van der Waals surface area contributed by atoms with Crippen molar-refractivity contribution in [2.45, 2.75) is 57.8 Å². The number of aromatic nitrogens is 3. The predicted molar refractivity (Wildman–Crippen MR) is 88.2 cm³/mol. The number of hydrogen-bond acceptors (Lipinski definition) is 4. The first-order chi connectivity index (χ1) is 11.4. The number of nitrogens with zero attached hydrogens (tertiary/aromatic N) is 3. The quantitative estimate of drug-likeness (QED) is 0.868. The van der Waals surface area contributed by atoms with Crippen LogP contribution in [0.1, 0.15) is 61.9 Å². The topological polar surface area (TPSA) is 48.7 Å². The van der Waals surface area contributed by atoms with Crippen molar-refractivity contribution in [3.05, 3.63) is 23.0 Å². The second-order valence-electron chi connectivity index (χ2n) is 6.62. The molecule has 0 amide bonds. The zero-order valence-corrected chi connectivity index (χ0v) is 13.9. The van der Waals surface area contributed by atoms with E-state index in [9.17, 15) is 0 Å². The van der Waals surface area contributed by atoms with E-state index in [0.29, 0.717) is 5.92 Å². The molecular formula is C18H25N3O2. The van der Waals surface area contributed by atoms with Crippen LogP contribution >= 0.6 is 0 Å². The van der Waals surface area contributed by atoms with E-state index >= 15 is 0 Å². The van der Waals surface area contributed by atoms with E-state index in [2.05, 4.69) is 13.0 Å². The minimum Gasteiger partial charge on any atom is -0.477 e. The lowest BCUT2D eigenvalue weighted by Gasteiger charge is -2.20. The summed E-state index contributed by atoms with van der Waals surface area (Å²) in [6, 6.07) is 2.16. The number of fused-ring (bicyclic) bond motifs is 2. The predicted octanol–water partition coefficient (Wildman–Crippen LogP) is 3.29. The molecule has 1 fully saturated rings. The highest BCUT2D eigenvalue weighted by Gasteiger charge is 2.24. The molecule has 0 bridgehead atoms. The molecular weight excluding hydrogens is 290 g/mol. The molecule has 1 aliphatic carbocycles. The van der Waals surface area contributed by atoms with Gasteiger partial charge in [0.2, 0.25) is 5.88 Å². The summed E-state index contributed by atoms with van der Waals surface area (Å²) in [6.45, 7) is 4.54. The summed E-state index contributed by atoms with van der Waals surface area (Å²) in [7, 11) is 0. The summed E-state index contributed by atoms with van der Waals surface area (Å²) in [5, 5.41) is 4.87. The van der Waals surface area contributed by atoms with Gasteiger partial charge >= 0.3 is 0 Å². The van der Waals surface area contributed by atoms with E-state index in [0.717, 1.165) is 69.1 Å². The lowest BCUT2D eigenvalue weighted by Crippen LogP contribution is -2.15. The molecule has 0 saturated carbocycles. The Kier molecular flexibility index (Phi) is 4.21. The first-order valence-corrected chi connectivity index (χ1v) is 8.98. The maximum absolute atomic E-state index is 6.10. The average Bonchev–Trinajstić information content (AvgIpc) is 3.03. The van der Waals surface area contributed by atoms with Crippen LogP contribution in [0.4, 0.5) is 0 Å². The molecule has 1 saturated heterocycles. The highest BCUT2D eigenvalue weighted by atomic mass is 16.5. The Balaban J connectivity index is 1.78. The van der Waals surface area contributed by atoms with Crippen LogP contribution in [-0.4, -0.2) is 34.4 Å². The van der Waals surface area contributed by atoms with Gasteiger partial charge in [0.05, 0.1) is 18.0 Å². The lowest BCUT2D eigenvalue weighted by atomic mass is 9.96. The smallest absolute Gasteiger partial charge is 0.221 e. The van der Waals surface area contributed by atoms with Gasteiger partial charge in [-0.15, -0.1) is 0 Å². The molecule has 0 unspecified atom stereocenters. The van der Waals surface area contributed by atoms with Crippen LogP contribution in [0.5, 0.6) is 5.88 Å². The molecule has 0 aromatic carbocycles. The monoisotopic (exact) mass is 315 g/mol. The molecule has 0 spiro atoms. The molecule has 0 N–H and O–H groups in total. The summed E-state index contributed by atoms with van der Waals surface area (Å²) in [5.41, 5.74) is 4.58. The van der Waals surface area contributed by atoms with Gasteiger partial charge in [-0.2, -0.15) is 9.61 Å². The van der Waals surface area contributed by atoms with Gasteiger partial charge in [-0.3, -0.25) is 0 Å². The fourth-order valence-corrected chi connectivity index (χ4v) is 3.67. The summed E-state index contributed by atoms with van der Waals surface area (Å²) in [5.74, 6) is 1.42. The maximum Gasteiger partial charge on any atom is 0.221 e. The SMILES string of the molecule is CCCOc1c2c(nc3cc(C4CCOCC4)nn13)CCCC2. The molecule has 1 aliphatic heterocycles. The molecule has 23 heavy (non-hydrogen) atoms. The van der Waals surface area contributed by atoms with Crippen LogP contribution in [0.15, 0.2) is 6.07 Å². The van der Waals surface area contributed by atoms with Gasteiger partial charge in [0, 0.05) is 30.8 Å². The lowest BCUT2D eigenvalue weighted by molar-refractivity contribution is 0.0844. The van der Waals surface area contributed by atoms with E-state index in [1.54, 1.807) is 0 Å². The zero-order valence-electron chi connectivity index (χ0n) is 13.9. The van der Waals surface area contributed by atoms with E-state index in [1.807, 2.05) is 4.52 Å². The fraction of sp³-hybridized carbons (Fsp3) is 0.667. The second kappa shape index (κ2) is 6.48. The Morgan fingerprint density at radius 3 is 2.91 bits per heavy atom. The largest absolute Gasteiger partial charge is 0.477 e. The van der Waals surface area contributed by atoms with Crippen molar-refractivity contribution in [1.29, 1.82) is 0 Å². The van der Waals surface area contributed by atoms with Crippen LogP contribution < -0.4 is 4.74 Å². The third kappa shape index (κ3) is 2.82. The normalized spacial score (nSPS) is 19.0. The molecule has 0 radical (unpaired) electrons. The molecule has 2 aliphatic rings. The van der Waals surface area contributed by atoms with E-state index in [1.165, 1.54) is 24.1 Å². The molecule has 2 aromatic heterocycles. The van der Waals surface area contributed by atoms with Gasteiger partial charge < -0.3 is 9.47 Å². The van der Waals surface area contributed by atoms with Gasteiger partial charge in [-0.25, -0.2) is 4.98 Å². The van der Waals surface area contributed by atoms with Gasteiger partial charge in [0.25, 0.3) is 0 Å². The Bertz CT molecular complexity index is 689. The molecule has 5 nitrogen and oxygen atoms in total. The van der Waals surface area contributed by atoms with E-state index < -0.39 is 0 Å². The van der Waals surface area contributed by atoms with Gasteiger partial charge in [0.1, 0.15) is 0 Å². The summed E-state index contributed by atoms with van der Waals surface area (Å²) < 4.78 is 13.5. The van der Waals surface area contributed by atoms with Crippen LogP contribution in [0.3, 0.4) is 0 Å². The summed E-state index contributed by atoms with van der Waals surface area (Å²) in [6.07, 6.45) is 7.67. The first-order valence-electron chi connectivity index (χ1n) is 8.98. The van der Waals surface area contributed by atoms with E-state index in [-0.39, 0.29) is 0 Å². The third-order valence-corrected chi connectivity index (χ3v) is 4.93. The average molecular weight is 315 g/mol. The molecule has 4 rings (SSSR count). The fourth-order valence-electron chi connectivity index (χ4n) is 3.67. The van der Waals surface area contributed by atoms with Crippen LogP contribution in [0, 0.1) is 0 Å². The third-order valence-electron chi connectivity index (χ3n) is 4.93. The molecule has 5 heteroatoms. The van der Waals surface area contributed by atoms with Crippen molar-refractivity contribution in [1.82, 2.24) is 14.6 Å². The summed E-state index contributed by atoms with van der Waals surface area (Å²) >= 11 is 0. The van der Waals surface area contributed by atoms with Crippen molar-refractivity contribution in [3.63, 3.8) is 0 Å². The van der Waals surface area contributed by atoms with Gasteiger partial charge in [-0.1, -0.05) is 6.92 Å².